The Morgan fingerprint density at radius 1 is 1.31 bits per heavy atom. The molecule has 0 bridgehead atoms. The van der Waals surface area contributed by atoms with Gasteiger partial charge in [0.1, 0.15) is 11.5 Å². The van der Waals surface area contributed by atoms with Gasteiger partial charge in [0.2, 0.25) is 5.89 Å². The van der Waals surface area contributed by atoms with Crippen molar-refractivity contribution in [2.24, 2.45) is 0 Å². The van der Waals surface area contributed by atoms with Crippen molar-refractivity contribution in [3.8, 4) is 17.2 Å². The van der Waals surface area contributed by atoms with Gasteiger partial charge in [-0.1, -0.05) is 17.7 Å². The molecule has 3 rings (SSSR count). The van der Waals surface area contributed by atoms with Gasteiger partial charge in [-0.2, -0.15) is 0 Å². The lowest BCUT2D eigenvalue weighted by Crippen LogP contribution is -1.83. The second-order valence-electron chi connectivity index (χ2n) is 3.88. The van der Waals surface area contributed by atoms with E-state index < -0.39 is 0 Å². The van der Waals surface area contributed by atoms with Crippen molar-refractivity contribution in [2.45, 2.75) is 19.3 Å². The highest BCUT2D eigenvalue weighted by Crippen LogP contribution is 2.37. The van der Waals surface area contributed by atoms with E-state index in [-0.39, 0.29) is 5.75 Å². The third-order valence-electron chi connectivity index (χ3n) is 2.80. The van der Waals surface area contributed by atoms with Crippen molar-refractivity contribution in [3.63, 3.8) is 0 Å². The molecular weight excluding hydrogens is 226 g/mol. The maximum absolute atomic E-state index is 9.75. The summed E-state index contributed by atoms with van der Waals surface area (Å²) in [6.07, 6.45) is 2.97. The van der Waals surface area contributed by atoms with Gasteiger partial charge < -0.3 is 9.52 Å². The molecule has 2 aromatic rings. The van der Waals surface area contributed by atoms with Crippen molar-refractivity contribution >= 4 is 11.6 Å². The number of phenols is 1. The van der Waals surface area contributed by atoms with Crippen LogP contribution in [0.3, 0.4) is 0 Å². The van der Waals surface area contributed by atoms with Crippen molar-refractivity contribution < 1.29 is 9.52 Å². The van der Waals surface area contributed by atoms with E-state index in [4.69, 9.17) is 16.0 Å². The van der Waals surface area contributed by atoms with Crippen LogP contribution in [0.5, 0.6) is 5.75 Å². The third-order valence-corrected chi connectivity index (χ3v) is 3.12. The second-order valence-corrected chi connectivity index (χ2v) is 4.28. The highest BCUT2D eigenvalue weighted by atomic mass is 35.5. The van der Waals surface area contributed by atoms with Crippen molar-refractivity contribution in [2.75, 3.05) is 0 Å². The van der Waals surface area contributed by atoms with Gasteiger partial charge in [0.05, 0.1) is 16.3 Å². The minimum atomic E-state index is 0.104. The van der Waals surface area contributed by atoms with Gasteiger partial charge in [0.25, 0.3) is 0 Å². The molecule has 0 saturated carbocycles. The molecule has 1 aromatic carbocycles. The molecule has 1 N–H and O–H groups in total. The zero-order chi connectivity index (χ0) is 11.1. The predicted molar refractivity (Wildman–Crippen MR) is 60.6 cm³/mol. The molecular formula is C12H10ClNO2. The first kappa shape index (κ1) is 9.73. The molecule has 0 unspecified atom stereocenters. The lowest BCUT2D eigenvalue weighted by atomic mass is 10.2. The van der Waals surface area contributed by atoms with Gasteiger partial charge in [0, 0.05) is 6.42 Å². The molecule has 0 amide bonds. The van der Waals surface area contributed by atoms with Crippen LogP contribution in [-0.2, 0) is 12.8 Å². The fraction of sp³-hybridized carbons (Fsp3) is 0.250. The molecule has 1 aliphatic rings. The maximum atomic E-state index is 9.75. The fourth-order valence-corrected chi connectivity index (χ4v) is 2.27. The minimum absolute atomic E-state index is 0.104. The van der Waals surface area contributed by atoms with Gasteiger partial charge >= 0.3 is 0 Å². The Hall–Kier alpha value is -1.48. The molecule has 0 atom stereocenters. The average molecular weight is 236 g/mol. The zero-order valence-corrected chi connectivity index (χ0v) is 9.29. The van der Waals surface area contributed by atoms with Crippen LogP contribution >= 0.6 is 11.6 Å². The Balaban J connectivity index is 2.15. The zero-order valence-electron chi connectivity index (χ0n) is 8.53. The molecule has 1 aromatic heterocycles. The number of rotatable bonds is 1. The summed E-state index contributed by atoms with van der Waals surface area (Å²) in [6.45, 7) is 0. The number of hydrogen-bond donors (Lipinski definition) is 1. The lowest BCUT2D eigenvalue weighted by molar-refractivity contribution is 0.469. The van der Waals surface area contributed by atoms with Crippen LogP contribution < -0.4 is 0 Å². The van der Waals surface area contributed by atoms with Gasteiger partial charge in [-0.3, -0.25) is 0 Å². The molecule has 0 aliphatic heterocycles. The number of fused-ring (bicyclic) bond motifs is 1. The fourth-order valence-electron chi connectivity index (χ4n) is 2.02. The summed E-state index contributed by atoms with van der Waals surface area (Å²) >= 11 is 6.03. The molecule has 82 valence electrons. The molecule has 3 nitrogen and oxygen atoms in total. The monoisotopic (exact) mass is 235 g/mol. The van der Waals surface area contributed by atoms with Crippen LogP contribution in [-0.4, -0.2) is 10.1 Å². The van der Waals surface area contributed by atoms with Crippen molar-refractivity contribution in [3.05, 3.63) is 34.7 Å². The smallest absolute Gasteiger partial charge is 0.231 e. The SMILES string of the molecule is Oc1cccc(Cl)c1-c1nc2c(o1)CCC2. The summed E-state index contributed by atoms with van der Waals surface area (Å²) in [5, 5.41) is 10.2. The molecule has 0 fully saturated rings. The Labute approximate surface area is 97.7 Å². The standard InChI is InChI=1S/C12H10ClNO2/c13-7-3-1-5-9(15)11(7)12-14-8-4-2-6-10(8)16-12/h1,3,5,15H,2,4,6H2. The van der Waals surface area contributed by atoms with E-state index in [9.17, 15) is 5.11 Å². The molecule has 0 saturated heterocycles. The highest BCUT2D eigenvalue weighted by Gasteiger charge is 2.22. The van der Waals surface area contributed by atoms with Crippen molar-refractivity contribution in [1.82, 2.24) is 4.98 Å². The van der Waals surface area contributed by atoms with Gasteiger partial charge in [-0.05, 0) is 25.0 Å². The highest BCUT2D eigenvalue weighted by molar-refractivity contribution is 6.33. The Bertz CT molecular complexity index is 506. The molecule has 4 heteroatoms. The van der Waals surface area contributed by atoms with E-state index in [0.717, 1.165) is 30.7 Å². The molecule has 1 aliphatic carbocycles. The third kappa shape index (κ3) is 1.39. The Morgan fingerprint density at radius 3 is 2.94 bits per heavy atom. The summed E-state index contributed by atoms with van der Waals surface area (Å²) in [7, 11) is 0. The van der Waals surface area contributed by atoms with Crippen LogP contribution in [0.1, 0.15) is 17.9 Å². The van der Waals surface area contributed by atoms with Crippen LogP contribution in [0, 0.1) is 0 Å². The van der Waals surface area contributed by atoms with E-state index in [0.29, 0.717) is 16.5 Å². The topological polar surface area (TPSA) is 46.3 Å². The quantitative estimate of drug-likeness (QED) is 0.826. The number of halogens is 1. The summed E-state index contributed by atoms with van der Waals surface area (Å²) in [4.78, 5) is 4.37. The number of nitrogens with zero attached hydrogens (tertiary/aromatic N) is 1. The molecule has 1 heterocycles. The number of phenolic OH excluding ortho intramolecular Hbond substituents is 1. The van der Waals surface area contributed by atoms with Crippen LogP contribution in [0.25, 0.3) is 11.5 Å². The average Bonchev–Trinajstić information content (AvgIpc) is 2.77. The van der Waals surface area contributed by atoms with Gasteiger partial charge in [-0.25, -0.2) is 4.98 Å². The largest absolute Gasteiger partial charge is 0.507 e. The van der Waals surface area contributed by atoms with Gasteiger partial charge in [-0.15, -0.1) is 0 Å². The molecule has 0 spiro atoms. The van der Waals surface area contributed by atoms with E-state index >= 15 is 0 Å². The van der Waals surface area contributed by atoms with Crippen LogP contribution in [0.2, 0.25) is 5.02 Å². The van der Waals surface area contributed by atoms with Gasteiger partial charge in [0.15, 0.2) is 0 Å². The number of benzene rings is 1. The minimum Gasteiger partial charge on any atom is -0.507 e. The first-order valence-electron chi connectivity index (χ1n) is 5.22. The summed E-state index contributed by atoms with van der Waals surface area (Å²) < 4.78 is 5.62. The maximum Gasteiger partial charge on any atom is 0.231 e. The number of oxazole rings is 1. The van der Waals surface area contributed by atoms with Crippen LogP contribution in [0.4, 0.5) is 0 Å². The lowest BCUT2D eigenvalue weighted by Gasteiger charge is -2.02. The van der Waals surface area contributed by atoms with E-state index in [1.165, 1.54) is 0 Å². The Morgan fingerprint density at radius 2 is 2.19 bits per heavy atom. The first-order valence-corrected chi connectivity index (χ1v) is 5.60. The van der Waals surface area contributed by atoms with E-state index in [1.807, 2.05) is 0 Å². The summed E-state index contributed by atoms with van der Waals surface area (Å²) in [5.41, 5.74) is 1.48. The number of aromatic hydroxyl groups is 1. The number of hydrogen-bond acceptors (Lipinski definition) is 3. The molecule has 16 heavy (non-hydrogen) atoms. The Kier molecular flexibility index (Phi) is 2.14. The van der Waals surface area contributed by atoms with E-state index in [1.54, 1.807) is 18.2 Å². The van der Waals surface area contributed by atoms with E-state index in [2.05, 4.69) is 4.98 Å². The van der Waals surface area contributed by atoms with Crippen LogP contribution in [0.15, 0.2) is 22.6 Å². The number of aromatic nitrogens is 1. The summed E-state index contributed by atoms with van der Waals surface area (Å²) in [6, 6.07) is 4.99. The predicted octanol–water partition coefficient (Wildman–Crippen LogP) is 3.19. The second kappa shape index (κ2) is 3.52. The normalized spacial score (nSPS) is 14.1. The number of aryl methyl sites for hydroxylation is 2. The molecule has 0 radical (unpaired) electrons. The first-order chi connectivity index (χ1) is 7.75. The summed E-state index contributed by atoms with van der Waals surface area (Å²) in [5.74, 6) is 1.45. The van der Waals surface area contributed by atoms with Crippen molar-refractivity contribution in [1.29, 1.82) is 0 Å².